The Kier molecular flexibility index (Phi) is 5.72. The Labute approximate surface area is 144 Å². The zero-order valence-corrected chi connectivity index (χ0v) is 14.1. The standard InChI is InChI=1S/C16H18N6O3/c1-10(2)13-6-4-12(5-7-13)8-11(3)9-17-20-15(23)14-18-16(21-19-14)22(24)25/h4-10H,1-3H3,(H,20,23)(H,18,19,21). The summed E-state index contributed by atoms with van der Waals surface area (Å²) in [7, 11) is 0. The molecule has 1 amide bonds. The molecule has 2 rings (SSSR count). The Morgan fingerprint density at radius 3 is 2.60 bits per heavy atom. The quantitative estimate of drug-likeness (QED) is 0.474. The molecule has 1 heterocycles. The number of nitro groups is 1. The van der Waals surface area contributed by atoms with E-state index in [0.29, 0.717) is 5.92 Å². The summed E-state index contributed by atoms with van der Waals surface area (Å²) in [6.45, 7) is 6.10. The van der Waals surface area contributed by atoms with Gasteiger partial charge in [-0.1, -0.05) is 49.3 Å². The number of hydrazone groups is 1. The van der Waals surface area contributed by atoms with Crippen LogP contribution >= 0.6 is 0 Å². The van der Waals surface area contributed by atoms with Crippen molar-refractivity contribution in [3.05, 3.63) is 56.9 Å². The lowest BCUT2D eigenvalue weighted by molar-refractivity contribution is -0.394. The fourth-order valence-corrected chi connectivity index (χ4v) is 1.96. The second kappa shape index (κ2) is 7.95. The molecule has 0 unspecified atom stereocenters. The molecule has 0 aliphatic carbocycles. The smallest absolute Gasteiger partial charge is 0.390 e. The Morgan fingerprint density at radius 1 is 1.36 bits per heavy atom. The van der Waals surface area contributed by atoms with E-state index in [1.807, 2.05) is 30.2 Å². The highest BCUT2D eigenvalue weighted by atomic mass is 16.6. The molecule has 2 N–H and O–H groups in total. The molecule has 9 nitrogen and oxygen atoms in total. The van der Waals surface area contributed by atoms with Gasteiger partial charge in [-0.25, -0.2) is 5.43 Å². The Morgan fingerprint density at radius 2 is 2.04 bits per heavy atom. The maximum Gasteiger partial charge on any atom is 0.454 e. The number of carbonyl (C=O) groups is 1. The topological polar surface area (TPSA) is 126 Å². The van der Waals surface area contributed by atoms with E-state index in [0.717, 1.165) is 11.1 Å². The summed E-state index contributed by atoms with van der Waals surface area (Å²) >= 11 is 0. The van der Waals surface area contributed by atoms with Crippen molar-refractivity contribution in [1.82, 2.24) is 20.6 Å². The van der Waals surface area contributed by atoms with E-state index in [4.69, 9.17) is 0 Å². The van der Waals surface area contributed by atoms with Crippen molar-refractivity contribution in [2.24, 2.45) is 5.10 Å². The zero-order chi connectivity index (χ0) is 18.4. The van der Waals surface area contributed by atoms with E-state index in [2.05, 4.69) is 46.6 Å². The van der Waals surface area contributed by atoms with Gasteiger partial charge in [-0.05, 0) is 39.4 Å². The molecule has 25 heavy (non-hydrogen) atoms. The van der Waals surface area contributed by atoms with E-state index in [-0.39, 0.29) is 5.82 Å². The lowest BCUT2D eigenvalue weighted by Crippen LogP contribution is -2.19. The van der Waals surface area contributed by atoms with Gasteiger partial charge in [0.15, 0.2) is 0 Å². The van der Waals surface area contributed by atoms with Crippen LogP contribution in [0.3, 0.4) is 0 Å². The highest BCUT2D eigenvalue weighted by Crippen LogP contribution is 2.15. The van der Waals surface area contributed by atoms with Crippen molar-refractivity contribution < 1.29 is 9.72 Å². The minimum Gasteiger partial charge on any atom is -0.390 e. The van der Waals surface area contributed by atoms with Crippen LogP contribution in [0.5, 0.6) is 0 Å². The third-order valence-electron chi connectivity index (χ3n) is 3.28. The summed E-state index contributed by atoms with van der Waals surface area (Å²) in [5.74, 6) is -1.22. The number of carbonyl (C=O) groups excluding carboxylic acids is 1. The van der Waals surface area contributed by atoms with Gasteiger partial charge in [-0.2, -0.15) is 5.10 Å². The Balaban J connectivity index is 1.95. The molecule has 1 aromatic carbocycles. The van der Waals surface area contributed by atoms with E-state index < -0.39 is 16.8 Å². The second-order valence-electron chi connectivity index (χ2n) is 5.65. The first-order valence-corrected chi connectivity index (χ1v) is 7.55. The molecule has 2 aromatic rings. The van der Waals surface area contributed by atoms with Crippen molar-refractivity contribution >= 4 is 24.1 Å². The molecule has 0 radical (unpaired) electrons. The van der Waals surface area contributed by atoms with Crippen molar-refractivity contribution in [3.8, 4) is 0 Å². The van der Waals surface area contributed by atoms with Gasteiger partial charge in [-0.3, -0.25) is 4.79 Å². The van der Waals surface area contributed by atoms with Crippen LogP contribution in [0.15, 0.2) is 34.9 Å². The molecular formula is C16H18N6O3. The molecule has 9 heteroatoms. The lowest BCUT2D eigenvalue weighted by Gasteiger charge is -2.04. The minimum absolute atomic E-state index is 0.352. The first kappa shape index (κ1) is 18.0. The van der Waals surface area contributed by atoms with Gasteiger partial charge in [0.2, 0.25) is 0 Å². The van der Waals surface area contributed by atoms with Gasteiger partial charge in [0, 0.05) is 0 Å². The van der Waals surface area contributed by atoms with Crippen LogP contribution < -0.4 is 5.43 Å². The van der Waals surface area contributed by atoms with Gasteiger partial charge in [0.05, 0.1) is 6.21 Å². The highest BCUT2D eigenvalue weighted by molar-refractivity contribution is 5.92. The summed E-state index contributed by atoms with van der Waals surface area (Å²) in [5.41, 5.74) is 5.31. The Hall–Kier alpha value is -3.36. The number of nitrogens with one attached hydrogen (secondary N) is 2. The number of rotatable bonds is 6. The van der Waals surface area contributed by atoms with Crippen LogP contribution in [-0.2, 0) is 0 Å². The molecule has 1 aromatic heterocycles. The third kappa shape index (κ3) is 5.06. The van der Waals surface area contributed by atoms with Crippen LogP contribution in [0.4, 0.5) is 5.95 Å². The molecule has 0 atom stereocenters. The fraction of sp³-hybridized carbons (Fsp3) is 0.250. The number of aromatic nitrogens is 3. The largest absolute Gasteiger partial charge is 0.454 e. The number of aromatic amines is 1. The van der Waals surface area contributed by atoms with Crippen LogP contribution in [0, 0.1) is 10.1 Å². The summed E-state index contributed by atoms with van der Waals surface area (Å²) < 4.78 is 0. The summed E-state index contributed by atoms with van der Waals surface area (Å²) in [6.07, 6.45) is 3.38. The van der Waals surface area contributed by atoms with E-state index >= 15 is 0 Å². The van der Waals surface area contributed by atoms with Crippen molar-refractivity contribution in [3.63, 3.8) is 0 Å². The summed E-state index contributed by atoms with van der Waals surface area (Å²) in [5, 5.41) is 19.8. The van der Waals surface area contributed by atoms with Gasteiger partial charge in [-0.15, -0.1) is 5.10 Å². The molecule has 0 fully saturated rings. The molecule has 0 saturated heterocycles. The van der Waals surface area contributed by atoms with E-state index in [1.165, 1.54) is 11.8 Å². The number of H-pyrrole nitrogens is 1. The average molecular weight is 342 g/mol. The fourth-order valence-electron chi connectivity index (χ4n) is 1.96. The molecule has 0 aliphatic heterocycles. The van der Waals surface area contributed by atoms with Gasteiger partial charge >= 0.3 is 17.7 Å². The minimum atomic E-state index is -0.773. The molecule has 0 bridgehead atoms. The van der Waals surface area contributed by atoms with Crippen LogP contribution in [0.25, 0.3) is 6.08 Å². The number of hydrogen-bond acceptors (Lipinski definition) is 6. The maximum atomic E-state index is 11.7. The first-order valence-electron chi connectivity index (χ1n) is 7.55. The third-order valence-corrected chi connectivity index (χ3v) is 3.28. The van der Waals surface area contributed by atoms with Crippen LogP contribution in [0.1, 0.15) is 48.4 Å². The molecule has 0 aliphatic rings. The van der Waals surface area contributed by atoms with Gasteiger partial charge in [0.1, 0.15) is 0 Å². The van der Waals surface area contributed by atoms with Crippen molar-refractivity contribution in [2.75, 3.05) is 0 Å². The molecular weight excluding hydrogens is 324 g/mol. The molecule has 130 valence electrons. The van der Waals surface area contributed by atoms with E-state index in [1.54, 1.807) is 0 Å². The molecule has 0 saturated carbocycles. The summed E-state index contributed by atoms with van der Waals surface area (Å²) in [4.78, 5) is 24.8. The number of amides is 1. The average Bonchev–Trinajstić information content (AvgIpc) is 3.05. The monoisotopic (exact) mass is 342 g/mol. The van der Waals surface area contributed by atoms with Crippen LogP contribution in [0.2, 0.25) is 0 Å². The van der Waals surface area contributed by atoms with Crippen molar-refractivity contribution in [2.45, 2.75) is 26.7 Å². The second-order valence-corrected chi connectivity index (χ2v) is 5.65. The number of benzene rings is 1. The highest BCUT2D eigenvalue weighted by Gasteiger charge is 2.20. The number of allylic oxidation sites excluding steroid dienone is 1. The Bertz CT molecular complexity index is 821. The summed E-state index contributed by atoms with van der Waals surface area (Å²) in [6, 6.07) is 8.16. The number of nitrogens with zero attached hydrogens (tertiary/aromatic N) is 4. The zero-order valence-electron chi connectivity index (χ0n) is 14.1. The predicted octanol–water partition coefficient (Wildman–Crippen LogP) is 2.66. The first-order chi connectivity index (χ1) is 11.9. The predicted molar refractivity (Wildman–Crippen MR) is 93.2 cm³/mol. The maximum absolute atomic E-state index is 11.7. The van der Waals surface area contributed by atoms with E-state index in [9.17, 15) is 14.9 Å². The SMILES string of the molecule is CC(C=NNC(=O)c1n[nH]c([N+](=O)[O-])n1)=Cc1ccc(C(C)C)cc1. The normalized spacial score (nSPS) is 11.9. The van der Waals surface area contributed by atoms with Crippen LogP contribution in [-0.4, -0.2) is 32.2 Å². The van der Waals surface area contributed by atoms with Gasteiger partial charge in [0.25, 0.3) is 0 Å². The van der Waals surface area contributed by atoms with Crippen molar-refractivity contribution in [1.29, 1.82) is 0 Å². The molecule has 0 spiro atoms. The van der Waals surface area contributed by atoms with Gasteiger partial charge < -0.3 is 10.1 Å². The lowest BCUT2D eigenvalue weighted by atomic mass is 10.0. The number of hydrogen-bond donors (Lipinski definition) is 2.